The van der Waals surface area contributed by atoms with Crippen molar-refractivity contribution in [1.82, 2.24) is 0 Å². The Morgan fingerprint density at radius 1 is 1.08 bits per heavy atom. The largest absolute Gasteiger partial charge is 0.497 e. The third-order valence-electron chi connectivity index (χ3n) is 3.18. The Hall–Kier alpha value is -1.74. The molecule has 0 aliphatic rings. The Morgan fingerprint density at radius 2 is 1.60 bits per heavy atom. The Labute approximate surface area is 165 Å². The zero-order chi connectivity index (χ0) is 19.0. The van der Waals surface area contributed by atoms with Crippen LogP contribution in [0.3, 0.4) is 0 Å². The summed E-state index contributed by atoms with van der Waals surface area (Å²) in [5, 5.41) is 9.88. The number of carbonyl (C=O) groups is 1. The number of benzene rings is 2. The lowest BCUT2D eigenvalue weighted by Gasteiger charge is -2.09. The van der Waals surface area contributed by atoms with Crippen molar-refractivity contribution in [2.75, 3.05) is 14.2 Å². The third kappa shape index (κ3) is 6.24. The minimum Gasteiger partial charge on any atom is -0.497 e. The standard InChI is InChI=1S/C11H10ClNO2.C7H6BrClO/c1-7(14)10(6-13)9-4-3-8(15-2)5-11(9)12;1-10-5-2-3-6(8)7(9)4-5/h3-5,10H,1-2H3;2-4H,1H3. The van der Waals surface area contributed by atoms with E-state index < -0.39 is 5.92 Å². The van der Waals surface area contributed by atoms with Crippen molar-refractivity contribution in [2.45, 2.75) is 12.8 Å². The van der Waals surface area contributed by atoms with Gasteiger partial charge in [-0.2, -0.15) is 5.26 Å². The number of ketones is 1. The quantitative estimate of drug-likeness (QED) is 0.610. The summed E-state index contributed by atoms with van der Waals surface area (Å²) >= 11 is 15.0. The monoisotopic (exact) mass is 443 g/mol. The van der Waals surface area contributed by atoms with Gasteiger partial charge in [-0.15, -0.1) is 0 Å². The summed E-state index contributed by atoms with van der Waals surface area (Å²) in [6.45, 7) is 1.37. The van der Waals surface area contributed by atoms with E-state index in [4.69, 9.17) is 37.9 Å². The van der Waals surface area contributed by atoms with Gasteiger partial charge in [0.15, 0.2) is 5.78 Å². The first kappa shape index (κ1) is 21.3. The number of carbonyl (C=O) groups excluding carboxylic acids is 1. The first-order valence-electron chi connectivity index (χ1n) is 7.06. The van der Waals surface area contributed by atoms with Gasteiger partial charge in [0.05, 0.1) is 25.3 Å². The predicted octanol–water partition coefficient (Wildman–Crippen LogP) is 5.66. The Bertz CT molecular complexity index is 790. The van der Waals surface area contributed by atoms with Gasteiger partial charge in [0.1, 0.15) is 17.4 Å². The maximum absolute atomic E-state index is 11.2. The zero-order valence-corrected chi connectivity index (χ0v) is 16.9. The minimum atomic E-state index is -0.802. The van der Waals surface area contributed by atoms with Crippen LogP contribution in [0.15, 0.2) is 40.9 Å². The van der Waals surface area contributed by atoms with Crippen molar-refractivity contribution in [2.24, 2.45) is 0 Å². The Kier molecular flexibility index (Phi) is 8.77. The number of ether oxygens (including phenoxy) is 2. The van der Waals surface area contributed by atoms with Gasteiger partial charge in [0.25, 0.3) is 0 Å². The molecular weight excluding hydrogens is 429 g/mol. The van der Waals surface area contributed by atoms with Crippen LogP contribution in [-0.4, -0.2) is 20.0 Å². The molecule has 25 heavy (non-hydrogen) atoms. The fraction of sp³-hybridized carbons (Fsp3) is 0.222. The highest BCUT2D eigenvalue weighted by Gasteiger charge is 2.19. The van der Waals surface area contributed by atoms with Crippen molar-refractivity contribution in [3.05, 3.63) is 56.5 Å². The molecule has 0 aromatic heterocycles. The van der Waals surface area contributed by atoms with Crippen LogP contribution in [0.5, 0.6) is 11.5 Å². The normalized spacial score (nSPS) is 10.8. The molecule has 0 radical (unpaired) electrons. The van der Waals surface area contributed by atoms with E-state index in [9.17, 15) is 4.79 Å². The summed E-state index contributed by atoms with van der Waals surface area (Å²) in [5.41, 5.74) is 0.521. The van der Waals surface area contributed by atoms with Crippen LogP contribution < -0.4 is 9.47 Å². The molecule has 2 rings (SSSR count). The highest BCUT2D eigenvalue weighted by molar-refractivity contribution is 9.10. The van der Waals surface area contributed by atoms with Gasteiger partial charge < -0.3 is 9.47 Å². The van der Waals surface area contributed by atoms with Gasteiger partial charge in [-0.3, -0.25) is 4.79 Å². The highest BCUT2D eigenvalue weighted by atomic mass is 79.9. The number of nitriles is 1. The molecule has 0 saturated heterocycles. The third-order valence-corrected chi connectivity index (χ3v) is 4.74. The van der Waals surface area contributed by atoms with E-state index in [1.165, 1.54) is 14.0 Å². The molecule has 2 aromatic carbocycles. The first-order valence-corrected chi connectivity index (χ1v) is 8.61. The lowest BCUT2D eigenvalue weighted by atomic mass is 9.97. The predicted molar refractivity (Wildman–Crippen MR) is 103 cm³/mol. The number of rotatable bonds is 4. The summed E-state index contributed by atoms with van der Waals surface area (Å²) in [6, 6.07) is 12.3. The van der Waals surface area contributed by atoms with Crippen LogP contribution in [0.25, 0.3) is 0 Å². The summed E-state index contributed by atoms with van der Waals surface area (Å²) in [7, 11) is 3.14. The maximum atomic E-state index is 11.2. The molecule has 4 nitrogen and oxygen atoms in total. The molecule has 0 N–H and O–H groups in total. The SMILES string of the molecule is COc1ccc(Br)c(Cl)c1.COc1ccc(C(C#N)C(C)=O)c(Cl)c1. The van der Waals surface area contributed by atoms with Crippen LogP contribution in [0.4, 0.5) is 0 Å². The smallest absolute Gasteiger partial charge is 0.151 e. The zero-order valence-electron chi connectivity index (χ0n) is 13.8. The molecule has 0 aliphatic heterocycles. The Balaban J connectivity index is 0.000000271. The second-order valence-electron chi connectivity index (χ2n) is 4.84. The van der Waals surface area contributed by atoms with E-state index in [-0.39, 0.29) is 5.78 Å². The fourth-order valence-electron chi connectivity index (χ4n) is 1.85. The molecule has 1 unspecified atom stereocenters. The molecule has 132 valence electrons. The van der Waals surface area contributed by atoms with Gasteiger partial charge in [0.2, 0.25) is 0 Å². The molecule has 0 saturated carbocycles. The molecule has 0 aliphatic carbocycles. The molecule has 1 atom stereocenters. The molecule has 0 bridgehead atoms. The number of nitrogens with zero attached hydrogens (tertiary/aromatic N) is 1. The number of methoxy groups -OCH3 is 2. The molecule has 0 heterocycles. The van der Waals surface area contributed by atoms with Crippen molar-refractivity contribution >= 4 is 44.9 Å². The van der Waals surface area contributed by atoms with Crippen molar-refractivity contribution in [1.29, 1.82) is 5.26 Å². The average Bonchev–Trinajstić information content (AvgIpc) is 2.59. The van der Waals surface area contributed by atoms with Crippen LogP contribution >= 0.6 is 39.1 Å². The van der Waals surface area contributed by atoms with Gasteiger partial charge in [-0.05, 0) is 58.7 Å². The fourth-order valence-corrected chi connectivity index (χ4v) is 2.55. The van der Waals surface area contributed by atoms with E-state index in [2.05, 4.69) is 15.9 Å². The van der Waals surface area contributed by atoms with E-state index in [0.717, 1.165) is 10.2 Å². The van der Waals surface area contributed by atoms with Gasteiger partial charge in [-0.1, -0.05) is 29.3 Å². The van der Waals surface area contributed by atoms with Crippen molar-refractivity contribution in [3.8, 4) is 17.6 Å². The van der Waals surface area contributed by atoms with E-state index in [1.807, 2.05) is 18.2 Å². The van der Waals surface area contributed by atoms with E-state index >= 15 is 0 Å². The molecule has 0 spiro atoms. The summed E-state index contributed by atoms with van der Waals surface area (Å²) in [6.07, 6.45) is 0. The highest BCUT2D eigenvalue weighted by Crippen LogP contribution is 2.29. The minimum absolute atomic E-state index is 0.218. The van der Waals surface area contributed by atoms with E-state index in [1.54, 1.807) is 31.4 Å². The lowest BCUT2D eigenvalue weighted by molar-refractivity contribution is -0.117. The number of hydrogen-bond donors (Lipinski definition) is 0. The topological polar surface area (TPSA) is 59.3 Å². The van der Waals surface area contributed by atoms with Crippen LogP contribution in [0.1, 0.15) is 18.4 Å². The number of hydrogen-bond acceptors (Lipinski definition) is 4. The first-order chi connectivity index (χ1) is 11.8. The van der Waals surface area contributed by atoms with Crippen LogP contribution in [0, 0.1) is 11.3 Å². The van der Waals surface area contributed by atoms with Crippen molar-refractivity contribution in [3.63, 3.8) is 0 Å². The molecule has 2 aromatic rings. The van der Waals surface area contributed by atoms with E-state index in [0.29, 0.717) is 21.4 Å². The summed E-state index contributed by atoms with van der Waals surface area (Å²) in [4.78, 5) is 11.2. The Morgan fingerprint density at radius 3 is 2.00 bits per heavy atom. The second kappa shape index (κ2) is 10.3. The second-order valence-corrected chi connectivity index (χ2v) is 6.51. The summed E-state index contributed by atoms with van der Waals surface area (Å²) in [5.74, 6) is 0.352. The summed E-state index contributed by atoms with van der Waals surface area (Å²) < 4.78 is 10.8. The lowest BCUT2D eigenvalue weighted by Crippen LogP contribution is -2.06. The van der Waals surface area contributed by atoms with Crippen LogP contribution in [0.2, 0.25) is 10.0 Å². The van der Waals surface area contributed by atoms with Crippen LogP contribution in [-0.2, 0) is 4.79 Å². The van der Waals surface area contributed by atoms with Gasteiger partial charge in [-0.25, -0.2) is 0 Å². The number of Topliss-reactive ketones (excluding diaryl/α,β-unsaturated/α-hetero) is 1. The average molecular weight is 445 g/mol. The molecule has 7 heteroatoms. The molecule has 0 amide bonds. The molecule has 0 fully saturated rings. The van der Waals surface area contributed by atoms with Gasteiger partial charge >= 0.3 is 0 Å². The van der Waals surface area contributed by atoms with Crippen molar-refractivity contribution < 1.29 is 14.3 Å². The molecular formula is C18H16BrCl2NO3. The van der Waals surface area contributed by atoms with Gasteiger partial charge in [0, 0.05) is 9.50 Å². The number of halogens is 3. The maximum Gasteiger partial charge on any atom is 0.151 e.